The van der Waals surface area contributed by atoms with E-state index in [0.717, 1.165) is 11.5 Å². The molecule has 126 valence electrons. The van der Waals surface area contributed by atoms with Crippen molar-refractivity contribution in [2.24, 2.45) is 0 Å². The van der Waals surface area contributed by atoms with Gasteiger partial charge in [0, 0.05) is 12.6 Å². The quantitative estimate of drug-likeness (QED) is 0.540. The molecule has 1 heterocycles. The zero-order chi connectivity index (χ0) is 17.2. The highest BCUT2D eigenvalue weighted by atomic mass is 16.5. The summed E-state index contributed by atoms with van der Waals surface area (Å²) in [6, 6.07) is 8.94. The second-order valence-electron chi connectivity index (χ2n) is 4.74. The zero-order valence-electron chi connectivity index (χ0n) is 13.5. The van der Waals surface area contributed by atoms with Crippen LogP contribution in [-0.4, -0.2) is 42.7 Å². The van der Waals surface area contributed by atoms with E-state index in [9.17, 15) is 4.79 Å². The first-order chi connectivity index (χ1) is 11.7. The molecule has 0 aliphatic carbocycles. The Morgan fingerprint density at radius 3 is 2.71 bits per heavy atom. The molecular formula is C17H20N4O3. The molecule has 1 aromatic heterocycles. The lowest BCUT2D eigenvalue weighted by Crippen LogP contribution is -2.24. The van der Waals surface area contributed by atoms with Crippen LogP contribution in [0.1, 0.15) is 10.5 Å². The molecule has 24 heavy (non-hydrogen) atoms. The number of hydrogen-bond donors (Lipinski definition) is 2. The predicted octanol–water partition coefficient (Wildman–Crippen LogP) is 1.89. The predicted molar refractivity (Wildman–Crippen MR) is 91.5 cm³/mol. The van der Waals surface area contributed by atoms with Crippen LogP contribution in [0.5, 0.6) is 11.5 Å². The van der Waals surface area contributed by atoms with Gasteiger partial charge in [0.15, 0.2) is 0 Å². The largest absolute Gasteiger partial charge is 0.497 e. The maximum Gasteiger partial charge on any atom is 0.270 e. The Morgan fingerprint density at radius 1 is 1.25 bits per heavy atom. The van der Waals surface area contributed by atoms with E-state index in [0.29, 0.717) is 31.2 Å². The van der Waals surface area contributed by atoms with Crippen molar-refractivity contribution in [3.63, 3.8) is 0 Å². The van der Waals surface area contributed by atoms with Gasteiger partial charge in [-0.2, -0.15) is 0 Å². The molecule has 0 radical (unpaired) electrons. The monoisotopic (exact) mass is 328 g/mol. The Labute approximate surface area is 140 Å². The number of carbonyl (C=O) groups excluding carboxylic acids is 1. The van der Waals surface area contributed by atoms with Crippen molar-refractivity contribution >= 4 is 11.7 Å². The second kappa shape index (κ2) is 9.14. The minimum Gasteiger partial charge on any atom is -0.497 e. The van der Waals surface area contributed by atoms with Crippen LogP contribution in [0.3, 0.4) is 0 Å². The molecule has 2 rings (SSSR count). The smallest absolute Gasteiger partial charge is 0.270 e. The van der Waals surface area contributed by atoms with Gasteiger partial charge >= 0.3 is 0 Å². The summed E-state index contributed by atoms with van der Waals surface area (Å²) >= 11 is 0. The molecule has 7 heteroatoms. The Morgan fingerprint density at radius 2 is 2.00 bits per heavy atom. The van der Waals surface area contributed by atoms with Crippen LogP contribution >= 0.6 is 0 Å². The SMILES string of the molecule is C=CCNC(=O)c1cc(NCCOc2ccc(OC)cc2)ncn1. The summed E-state index contributed by atoms with van der Waals surface area (Å²) in [5, 5.41) is 5.75. The summed E-state index contributed by atoms with van der Waals surface area (Å²) in [6.45, 7) is 4.93. The van der Waals surface area contributed by atoms with Gasteiger partial charge in [-0.3, -0.25) is 4.79 Å². The van der Waals surface area contributed by atoms with Crippen molar-refractivity contribution in [3.05, 3.63) is 55.0 Å². The summed E-state index contributed by atoms with van der Waals surface area (Å²) in [5.41, 5.74) is 0.297. The minimum atomic E-state index is -0.269. The van der Waals surface area contributed by atoms with Crippen LogP contribution < -0.4 is 20.1 Å². The van der Waals surface area contributed by atoms with Gasteiger partial charge in [0.05, 0.1) is 13.7 Å². The molecule has 0 saturated heterocycles. The molecule has 0 aliphatic rings. The van der Waals surface area contributed by atoms with E-state index in [1.165, 1.54) is 6.33 Å². The van der Waals surface area contributed by atoms with Gasteiger partial charge in [-0.25, -0.2) is 9.97 Å². The highest BCUT2D eigenvalue weighted by Gasteiger charge is 2.07. The molecule has 0 spiro atoms. The summed E-state index contributed by atoms with van der Waals surface area (Å²) in [4.78, 5) is 19.8. The minimum absolute atomic E-state index is 0.269. The van der Waals surface area contributed by atoms with Gasteiger partial charge in [0.2, 0.25) is 0 Å². The number of hydrogen-bond acceptors (Lipinski definition) is 6. The Kier molecular flexibility index (Phi) is 6.58. The number of nitrogens with one attached hydrogen (secondary N) is 2. The van der Waals surface area contributed by atoms with E-state index in [-0.39, 0.29) is 5.91 Å². The molecule has 0 bridgehead atoms. The average Bonchev–Trinajstić information content (AvgIpc) is 2.64. The van der Waals surface area contributed by atoms with Crippen LogP contribution in [0.25, 0.3) is 0 Å². The van der Waals surface area contributed by atoms with Crippen molar-refractivity contribution in [3.8, 4) is 11.5 Å². The topological polar surface area (TPSA) is 85.4 Å². The molecule has 1 amide bonds. The Balaban J connectivity index is 1.79. The van der Waals surface area contributed by atoms with Crippen molar-refractivity contribution in [1.29, 1.82) is 0 Å². The van der Waals surface area contributed by atoms with Gasteiger partial charge < -0.3 is 20.1 Å². The molecule has 0 aliphatic heterocycles. The van der Waals surface area contributed by atoms with E-state index in [1.54, 1.807) is 19.3 Å². The Bertz CT molecular complexity index is 674. The number of benzene rings is 1. The molecule has 1 aromatic carbocycles. The lowest BCUT2D eigenvalue weighted by Gasteiger charge is -2.09. The van der Waals surface area contributed by atoms with E-state index < -0.39 is 0 Å². The lowest BCUT2D eigenvalue weighted by atomic mass is 10.3. The highest BCUT2D eigenvalue weighted by Crippen LogP contribution is 2.16. The summed E-state index contributed by atoms with van der Waals surface area (Å²) in [7, 11) is 1.62. The molecule has 0 unspecified atom stereocenters. The van der Waals surface area contributed by atoms with Gasteiger partial charge in [-0.15, -0.1) is 6.58 Å². The summed E-state index contributed by atoms with van der Waals surface area (Å²) in [6.07, 6.45) is 2.95. The van der Waals surface area contributed by atoms with E-state index in [1.807, 2.05) is 24.3 Å². The highest BCUT2D eigenvalue weighted by molar-refractivity contribution is 5.92. The fourth-order valence-corrected chi connectivity index (χ4v) is 1.85. The fraction of sp³-hybridized carbons (Fsp3) is 0.235. The third kappa shape index (κ3) is 5.28. The van der Waals surface area contributed by atoms with E-state index >= 15 is 0 Å². The number of amides is 1. The van der Waals surface area contributed by atoms with Crippen LogP contribution in [0.2, 0.25) is 0 Å². The average molecular weight is 328 g/mol. The number of aromatic nitrogens is 2. The van der Waals surface area contributed by atoms with Crippen molar-refractivity contribution in [1.82, 2.24) is 15.3 Å². The van der Waals surface area contributed by atoms with E-state index in [2.05, 4.69) is 27.2 Å². The standard InChI is InChI=1S/C17H20N4O3/c1-3-8-19-17(22)15-11-16(21-12-20-15)18-9-10-24-14-6-4-13(23-2)5-7-14/h3-7,11-12H,1,8-10H2,2H3,(H,19,22)(H,18,20,21). The van der Waals surface area contributed by atoms with Gasteiger partial charge in [-0.1, -0.05) is 6.08 Å². The molecule has 7 nitrogen and oxygen atoms in total. The number of anilines is 1. The number of carbonyl (C=O) groups is 1. The number of rotatable bonds is 9. The molecule has 0 atom stereocenters. The molecule has 2 aromatic rings. The Hall–Kier alpha value is -3.09. The number of methoxy groups -OCH3 is 1. The maximum absolute atomic E-state index is 11.8. The van der Waals surface area contributed by atoms with Crippen molar-refractivity contribution < 1.29 is 14.3 Å². The fourth-order valence-electron chi connectivity index (χ4n) is 1.85. The normalized spacial score (nSPS) is 9.88. The third-order valence-electron chi connectivity index (χ3n) is 3.04. The van der Waals surface area contributed by atoms with Crippen LogP contribution in [-0.2, 0) is 0 Å². The molecule has 2 N–H and O–H groups in total. The number of ether oxygens (including phenoxy) is 2. The zero-order valence-corrected chi connectivity index (χ0v) is 13.5. The van der Waals surface area contributed by atoms with Crippen molar-refractivity contribution in [2.75, 3.05) is 32.1 Å². The first-order valence-corrected chi connectivity index (χ1v) is 7.45. The summed E-state index contributed by atoms with van der Waals surface area (Å²) in [5.74, 6) is 1.83. The lowest BCUT2D eigenvalue weighted by molar-refractivity contribution is 0.0953. The van der Waals surface area contributed by atoms with Gasteiger partial charge in [0.25, 0.3) is 5.91 Å². The van der Waals surface area contributed by atoms with E-state index in [4.69, 9.17) is 9.47 Å². The summed E-state index contributed by atoms with van der Waals surface area (Å²) < 4.78 is 10.7. The first kappa shape index (κ1) is 17.3. The van der Waals surface area contributed by atoms with Crippen LogP contribution in [0, 0.1) is 0 Å². The molecule has 0 fully saturated rings. The van der Waals surface area contributed by atoms with Crippen LogP contribution in [0.15, 0.2) is 49.3 Å². The third-order valence-corrected chi connectivity index (χ3v) is 3.04. The van der Waals surface area contributed by atoms with Crippen LogP contribution in [0.4, 0.5) is 5.82 Å². The second-order valence-corrected chi connectivity index (χ2v) is 4.74. The number of nitrogens with zero attached hydrogens (tertiary/aromatic N) is 2. The maximum atomic E-state index is 11.8. The van der Waals surface area contributed by atoms with Gasteiger partial charge in [0.1, 0.15) is 35.9 Å². The first-order valence-electron chi connectivity index (χ1n) is 7.45. The molecular weight excluding hydrogens is 308 g/mol. The van der Waals surface area contributed by atoms with Gasteiger partial charge in [-0.05, 0) is 24.3 Å². The van der Waals surface area contributed by atoms with Crippen molar-refractivity contribution in [2.45, 2.75) is 0 Å². The molecule has 0 saturated carbocycles.